The molecule has 0 radical (unpaired) electrons. The molecule has 0 heterocycles. The molecule has 3 fully saturated rings. The highest BCUT2D eigenvalue weighted by Crippen LogP contribution is 2.65. The van der Waals surface area contributed by atoms with Crippen LogP contribution in [0.25, 0.3) is 0 Å². The number of carbonyl (C=O) groups excluding carboxylic acids is 2. The van der Waals surface area contributed by atoms with Crippen molar-refractivity contribution in [2.45, 2.75) is 111 Å². The normalized spacial score (nSPS) is 37.4. The van der Waals surface area contributed by atoms with E-state index >= 15 is 0 Å². The summed E-state index contributed by atoms with van der Waals surface area (Å²) in [6.45, 7) is 11.7. The SMILES string of the molecule is CC(C)CCC[C@@H](C)[C@H]1C[C@H](O)C2=C3C(=O)C[C@H]4C[C@@H](OC(=O)c5ccccc5)CC[C@]4(C)[C@H]3CC[C@@]21C. The van der Waals surface area contributed by atoms with Crippen LogP contribution in [-0.2, 0) is 9.53 Å². The molecule has 4 aliphatic carbocycles. The number of allylic oxidation sites excluding steroid dienone is 1. The first-order chi connectivity index (χ1) is 18.0. The van der Waals surface area contributed by atoms with Crippen LogP contribution in [0.3, 0.4) is 0 Å². The van der Waals surface area contributed by atoms with E-state index in [1.807, 2.05) is 18.2 Å². The maximum atomic E-state index is 13.9. The minimum Gasteiger partial charge on any atom is -0.459 e. The van der Waals surface area contributed by atoms with E-state index in [1.165, 1.54) is 19.3 Å². The minimum absolute atomic E-state index is 0.0217. The molecule has 0 aromatic heterocycles. The molecule has 0 bridgehead atoms. The largest absolute Gasteiger partial charge is 0.459 e. The average molecular weight is 521 g/mol. The summed E-state index contributed by atoms with van der Waals surface area (Å²) in [4.78, 5) is 26.6. The summed E-state index contributed by atoms with van der Waals surface area (Å²) in [5.74, 6) is 2.15. The molecule has 4 nitrogen and oxygen atoms in total. The maximum Gasteiger partial charge on any atom is 0.338 e. The van der Waals surface area contributed by atoms with E-state index in [1.54, 1.807) is 12.1 Å². The van der Waals surface area contributed by atoms with Crippen LogP contribution in [0.2, 0.25) is 0 Å². The third-order valence-corrected chi connectivity index (χ3v) is 11.3. The Balaban J connectivity index is 1.34. The number of Topliss-reactive ketones (excluding diaryl/α,β-unsaturated/α-hetero) is 1. The lowest BCUT2D eigenvalue weighted by atomic mass is 9.48. The fourth-order valence-corrected chi connectivity index (χ4v) is 9.09. The van der Waals surface area contributed by atoms with Crippen molar-refractivity contribution in [3.63, 3.8) is 0 Å². The van der Waals surface area contributed by atoms with Crippen LogP contribution in [0.15, 0.2) is 41.5 Å². The lowest BCUT2D eigenvalue weighted by Gasteiger charge is -2.56. The van der Waals surface area contributed by atoms with Gasteiger partial charge in [-0.05, 0) is 96.7 Å². The lowest BCUT2D eigenvalue weighted by molar-refractivity contribution is -0.127. The van der Waals surface area contributed by atoms with E-state index in [0.29, 0.717) is 23.8 Å². The Bertz CT molecular complexity index is 1070. The second kappa shape index (κ2) is 10.6. The molecule has 0 unspecified atom stereocenters. The van der Waals surface area contributed by atoms with Crippen LogP contribution < -0.4 is 0 Å². The number of esters is 1. The van der Waals surface area contributed by atoms with Gasteiger partial charge < -0.3 is 9.84 Å². The predicted molar refractivity (Wildman–Crippen MR) is 151 cm³/mol. The number of hydrogen-bond acceptors (Lipinski definition) is 4. The first kappa shape index (κ1) is 27.6. The van der Waals surface area contributed by atoms with Gasteiger partial charge in [-0.3, -0.25) is 4.79 Å². The van der Waals surface area contributed by atoms with Gasteiger partial charge in [0.05, 0.1) is 11.7 Å². The number of carbonyl (C=O) groups is 2. The first-order valence-corrected chi connectivity index (χ1v) is 15.3. The Morgan fingerprint density at radius 2 is 1.79 bits per heavy atom. The third-order valence-electron chi connectivity index (χ3n) is 11.3. The van der Waals surface area contributed by atoms with Crippen LogP contribution in [0.4, 0.5) is 0 Å². The number of aliphatic hydroxyl groups excluding tert-OH is 1. The van der Waals surface area contributed by atoms with Crippen molar-refractivity contribution in [3.8, 4) is 0 Å². The van der Waals surface area contributed by atoms with Gasteiger partial charge in [-0.25, -0.2) is 4.79 Å². The fraction of sp³-hybridized carbons (Fsp3) is 0.706. The van der Waals surface area contributed by atoms with Gasteiger partial charge in [0, 0.05) is 12.0 Å². The standard InChI is InChI=1S/C34H48O4/c1-21(2)10-9-11-22(3)27-20-29(36)31-30-26(15-17-34(27,31)5)33(4)16-14-25(18-24(33)19-28(30)35)38-32(37)23-12-7-6-8-13-23/h6-8,12-13,21-22,24-27,29,36H,9-11,14-20H2,1-5H3/t22-,24-,25+,26+,27-,29+,33+,34-/m1/s1. The molecule has 0 saturated heterocycles. The van der Waals surface area contributed by atoms with Crippen LogP contribution >= 0.6 is 0 Å². The molecular formula is C34H48O4. The summed E-state index contributed by atoms with van der Waals surface area (Å²) in [7, 11) is 0. The Morgan fingerprint density at radius 3 is 2.50 bits per heavy atom. The van der Waals surface area contributed by atoms with Gasteiger partial charge in [-0.1, -0.05) is 72.1 Å². The third kappa shape index (κ3) is 4.80. The van der Waals surface area contributed by atoms with E-state index in [0.717, 1.165) is 55.6 Å². The zero-order valence-corrected chi connectivity index (χ0v) is 24.2. The number of ether oxygens (including phenoxy) is 1. The van der Waals surface area contributed by atoms with Crippen molar-refractivity contribution in [2.24, 2.45) is 40.4 Å². The highest BCUT2D eigenvalue weighted by atomic mass is 16.5. The van der Waals surface area contributed by atoms with Crippen LogP contribution in [-0.4, -0.2) is 29.1 Å². The quantitative estimate of drug-likeness (QED) is 0.377. The fourth-order valence-electron chi connectivity index (χ4n) is 9.09. The second-order valence-corrected chi connectivity index (χ2v) is 14.0. The summed E-state index contributed by atoms with van der Waals surface area (Å²) >= 11 is 0. The van der Waals surface area contributed by atoms with Crippen molar-refractivity contribution in [1.29, 1.82) is 0 Å². The van der Waals surface area contributed by atoms with Gasteiger partial charge in [0.15, 0.2) is 5.78 Å². The van der Waals surface area contributed by atoms with Gasteiger partial charge in [0.2, 0.25) is 0 Å². The Labute approximate surface area is 229 Å². The zero-order valence-electron chi connectivity index (χ0n) is 24.2. The summed E-state index contributed by atoms with van der Waals surface area (Å²) in [6, 6.07) is 9.20. The van der Waals surface area contributed by atoms with Crippen LogP contribution in [0, 0.1) is 40.4 Å². The Kier molecular flexibility index (Phi) is 7.68. The lowest BCUT2D eigenvalue weighted by Crippen LogP contribution is -2.51. The van der Waals surface area contributed by atoms with E-state index in [9.17, 15) is 14.7 Å². The van der Waals surface area contributed by atoms with Gasteiger partial charge in [-0.15, -0.1) is 0 Å². The summed E-state index contributed by atoms with van der Waals surface area (Å²) in [5.41, 5.74) is 2.65. The molecule has 1 aromatic rings. The van der Waals surface area contributed by atoms with Crippen molar-refractivity contribution >= 4 is 11.8 Å². The molecule has 0 spiro atoms. The van der Waals surface area contributed by atoms with E-state index in [4.69, 9.17) is 4.74 Å². The van der Waals surface area contributed by atoms with Crippen molar-refractivity contribution in [1.82, 2.24) is 0 Å². The van der Waals surface area contributed by atoms with Crippen molar-refractivity contribution < 1.29 is 19.4 Å². The molecule has 1 N–H and O–H groups in total. The highest BCUT2D eigenvalue weighted by Gasteiger charge is 2.60. The Morgan fingerprint density at radius 1 is 1.05 bits per heavy atom. The monoisotopic (exact) mass is 520 g/mol. The number of aliphatic hydroxyl groups is 1. The van der Waals surface area contributed by atoms with E-state index in [-0.39, 0.29) is 40.5 Å². The summed E-state index contributed by atoms with van der Waals surface area (Å²) < 4.78 is 5.93. The molecule has 3 saturated carbocycles. The predicted octanol–water partition coefficient (Wildman–Crippen LogP) is 7.55. The van der Waals surface area contributed by atoms with E-state index < -0.39 is 6.10 Å². The maximum absolute atomic E-state index is 13.9. The van der Waals surface area contributed by atoms with Gasteiger partial charge in [0.1, 0.15) is 6.10 Å². The van der Waals surface area contributed by atoms with Gasteiger partial charge >= 0.3 is 5.97 Å². The molecular weight excluding hydrogens is 472 g/mol. The molecule has 5 rings (SSSR count). The number of fused-ring (bicyclic) bond motifs is 4. The molecule has 0 aliphatic heterocycles. The summed E-state index contributed by atoms with van der Waals surface area (Å²) in [5, 5.41) is 11.4. The van der Waals surface area contributed by atoms with Crippen molar-refractivity contribution in [2.75, 3.05) is 0 Å². The van der Waals surface area contributed by atoms with Crippen LogP contribution in [0.1, 0.15) is 109 Å². The van der Waals surface area contributed by atoms with Gasteiger partial charge in [-0.2, -0.15) is 0 Å². The molecule has 4 aliphatic rings. The minimum atomic E-state index is -0.484. The number of hydrogen-bond donors (Lipinski definition) is 1. The van der Waals surface area contributed by atoms with Gasteiger partial charge in [0.25, 0.3) is 0 Å². The van der Waals surface area contributed by atoms with Crippen LogP contribution in [0.5, 0.6) is 0 Å². The second-order valence-electron chi connectivity index (χ2n) is 14.0. The number of benzene rings is 1. The number of rotatable bonds is 7. The zero-order chi connectivity index (χ0) is 27.2. The number of ketones is 1. The Hall–Kier alpha value is -1.94. The summed E-state index contributed by atoms with van der Waals surface area (Å²) in [6.07, 6.45) is 9.06. The topological polar surface area (TPSA) is 63.6 Å². The molecule has 0 amide bonds. The first-order valence-electron chi connectivity index (χ1n) is 15.3. The molecule has 4 heteroatoms. The average Bonchev–Trinajstić information content (AvgIpc) is 3.15. The smallest absolute Gasteiger partial charge is 0.338 e. The van der Waals surface area contributed by atoms with Crippen molar-refractivity contribution in [3.05, 3.63) is 47.0 Å². The molecule has 1 aromatic carbocycles. The van der Waals surface area contributed by atoms with E-state index in [2.05, 4.69) is 34.6 Å². The highest BCUT2D eigenvalue weighted by molar-refractivity contribution is 5.98. The molecule has 208 valence electrons. The molecule has 38 heavy (non-hydrogen) atoms. The molecule has 8 atom stereocenters.